The molecular formula is C23H20ClFN2O2. The Morgan fingerprint density at radius 3 is 2.41 bits per heavy atom. The number of halogens is 2. The van der Waals surface area contributed by atoms with Gasteiger partial charge in [-0.2, -0.15) is 0 Å². The summed E-state index contributed by atoms with van der Waals surface area (Å²) < 4.78 is 19.6. The average Bonchev–Trinajstić information content (AvgIpc) is 2.72. The number of carbonyl (C=O) groups is 1. The second-order valence-corrected chi connectivity index (χ2v) is 7.46. The van der Waals surface area contributed by atoms with Crippen molar-refractivity contribution in [3.8, 4) is 5.75 Å². The SMILES string of the molecule is COc1ccc(C2N(C)c3ccc(Cl)cc3C(=O)N2c2ccc(C)c(F)c2)cc1. The highest BCUT2D eigenvalue weighted by Crippen LogP contribution is 2.41. The number of carbonyl (C=O) groups excluding carboxylic acids is 1. The number of hydrogen-bond acceptors (Lipinski definition) is 3. The Kier molecular flexibility index (Phi) is 4.92. The zero-order valence-electron chi connectivity index (χ0n) is 16.3. The first-order valence-corrected chi connectivity index (χ1v) is 9.54. The molecule has 1 aliphatic rings. The number of fused-ring (bicyclic) bond motifs is 1. The molecule has 148 valence electrons. The van der Waals surface area contributed by atoms with Crippen molar-refractivity contribution in [1.82, 2.24) is 0 Å². The minimum absolute atomic E-state index is 0.232. The van der Waals surface area contributed by atoms with E-state index in [2.05, 4.69) is 0 Å². The van der Waals surface area contributed by atoms with E-state index in [1.54, 1.807) is 43.2 Å². The molecule has 6 heteroatoms. The third-order valence-corrected chi connectivity index (χ3v) is 5.48. The first-order valence-electron chi connectivity index (χ1n) is 9.17. The van der Waals surface area contributed by atoms with Gasteiger partial charge in [-0.3, -0.25) is 9.69 Å². The average molecular weight is 411 g/mol. The van der Waals surface area contributed by atoms with Gasteiger partial charge < -0.3 is 9.64 Å². The Bertz CT molecular complexity index is 1080. The molecule has 0 aromatic heterocycles. The van der Waals surface area contributed by atoms with Gasteiger partial charge in [-0.15, -0.1) is 0 Å². The number of aryl methyl sites for hydroxylation is 1. The van der Waals surface area contributed by atoms with Crippen LogP contribution in [-0.2, 0) is 0 Å². The molecule has 1 atom stereocenters. The number of ether oxygens (including phenoxy) is 1. The van der Waals surface area contributed by atoms with Crippen LogP contribution in [0.1, 0.15) is 27.7 Å². The van der Waals surface area contributed by atoms with Gasteiger partial charge in [0.25, 0.3) is 5.91 Å². The van der Waals surface area contributed by atoms with E-state index in [1.165, 1.54) is 6.07 Å². The molecule has 0 fully saturated rings. The zero-order valence-corrected chi connectivity index (χ0v) is 17.1. The summed E-state index contributed by atoms with van der Waals surface area (Å²) in [5.41, 5.74) is 3.13. The topological polar surface area (TPSA) is 32.8 Å². The molecule has 3 aromatic carbocycles. The number of nitrogens with zero attached hydrogens (tertiary/aromatic N) is 2. The minimum atomic E-state index is -0.454. The standard InChI is InChI=1S/C23H20ClFN2O2/c1-14-4-8-17(13-20(14)25)27-22(15-5-9-18(29-3)10-6-15)26(2)21-11-7-16(24)12-19(21)23(27)28/h4-13,22H,1-3H3. The summed E-state index contributed by atoms with van der Waals surface area (Å²) in [6, 6.07) is 17.6. The number of benzene rings is 3. The molecule has 3 aromatic rings. The van der Waals surface area contributed by atoms with Gasteiger partial charge in [-0.1, -0.05) is 29.8 Å². The Hall–Kier alpha value is -3.05. The molecule has 0 aliphatic carbocycles. The van der Waals surface area contributed by atoms with Crippen LogP contribution in [0.25, 0.3) is 0 Å². The molecule has 1 unspecified atom stereocenters. The molecule has 4 nitrogen and oxygen atoms in total. The molecule has 1 amide bonds. The highest BCUT2D eigenvalue weighted by atomic mass is 35.5. The second-order valence-electron chi connectivity index (χ2n) is 7.03. The monoisotopic (exact) mass is 410 g/mol. The van der Waals surface area contributed by atoms with Crippen LogP contribution in [0, 0.1) is 12.7 Å². The highest BCUT2D eigenvalue weighted by molar-refractivity contribution is 6.31. The lowest BCUT2D eigenvalue weighted by Gasteiger charge is -2.44. The molecule has 0 radical (unpaired) electrons. The predicted molar refractivity (Wildman–Crippen MR) is 114 cm³/mol. The maximum absolute atomic E-state index is 14.4. The van der Waals surface area contributed by atoms with Crippen LogP contribution in [0.5, 0.6) is 5.75 Å². The predicted octanol–water partition coefficient (Wildman–Crippen LogP) is 5.59. The molecule has 0 spiro atoms. The van der Waals surface area contributed by atoms with Gasteiger partial charge in [0.15, 0.2) is 0 Å². The Balaban J connectivity index is 1.91. The van der Waals surface area contributed by atoms with Crippen molar-refractivity contribution in [2.45, 2.75) is 13.1 Å². The molecule has 0 saturated carbocycles. The van der Waals surface area contributed by atoms with Crippen LogP contribution >= 0.6 is 11.6 Å². The van der Waals surface area contributed by atoms with E-state index >= 15 is 0 Å². The van der Waals surface area contributed by atoms with Gasteiger partial charge >= 0.3 is 0 Å². The molecule has 4 rings (SSSR count). The molecule has 0 bridgehead atoms. The quantitative estimate of drug-likeness (QED) is 0.564. The van der Waals surface area contributed by atoms with Crippen LogP contribution in [0.4, 0.5) is 15.8 Å². The van der Waals surface area contributed by atoms with Crippen LogP contribution < -0.4 is 14.5 Å². The van der Waals surface area contributed by atoms with Crippen LogP contribution in [0.15, 0.2) is 60.7 Å². The Labute approximate surface area is 174 Å². The number of hydrogen-bond donors (Lipinski definition) is 0. The van der Waals surface area contributed by atoms with Crippen molar-refractivity contribution >= 4 is 28.9 Å². The van der Waals surface area contributed by atoms with Crippen LogP contribution in [0.2, 0.25) is 5.02 Å². The van der Waals surface area contributed by atoms with Gasteiger partial charge in [-0.05, 0) is 60.5 Å². The maximum atomic E-state index is 14.4. The summed E-state index contributed by atoms with van der Waals surface area (Å²) in [6.45, 7) is 1.69. The minimum Gasteiger partial charge on any atom is -0.497 e. The number of rotatable bonds is 3. The third kappa shape index (κ3) is 3.32. The summed E-state index contributed by atoms with van der Waals surface area (Å²) in [4.78, 5) is 17.1. The first-order chi connectivity index (χ1) is 13.9. The fourth-order valence-corrected chi connectivity index (χ4v) is 3.84. The molecule has 0 saturated heterocycles. The van der Waals surface area contributed by atoms with E-state index < -0.39 is 6.17 Å². The van der Waals surface area contributed by atoms with Crippen molar-refractivity contribution in [2.75, 3.05) is 24.0 Å². The van der Waals surface area contributed by atoms with Crippen molar-refractivity contribution in [3.05, 3.63) is 88.2 Å². The fraction of sp³-hybridized carbons (Fsp3) is 0.174. The van der Waals surface area contributed by atoms with E-state index in [0.29, 0.717) is 21.8 Å². The van der Waals surface area contributed by atoms with Gasteiger partial charge in [0.2, 0.25) is 0 Å². The lowest BCUT2D eigenvalue weighted by molar-refractivity contribution is 0.0969. The summed E-state index contributed by atoms with van der Waals surface area (Å²) >= 11 is 6.15. The summed E-state index contributed by atoms with van der Waals surface area (Å²) in [5.74, 6) is 0.131. The number of amides is 1. The third-order valence-electron chi connectivity index (χ3n) is 5.25. The van der Waals surface area contributed by atoms with Gasteiger partial charge in [-0.25, -0.2) is 4.39 Å². The summed E-state index contributed by atoms with van der Waals surface area (Å²) in [7, 11) is 3.51. The first kappa shape index (κ1) is 19.3. The van der Waals surface area contributed by atoms with Gasteiger partial charge in [0.1, 0.15) is 17.7 Å². The molecular weight excluding hydrogens is 391 g/mol. The van der Waals surface area contributed by atoms with E-state index in [1.807, 2.05) is 42.3 Å². The van der Waals surface area contributed by atoms with Crippen molar-refractivity contribution in [1.29, 1.82) is 0 Å². The Morgan fingerprint density at radius 2 is 1.76 bits per heavy atom. The van der Waals surface area contributed by atoms with Crippen LogP contribution in [0.3, 0.4) is 0 Å². The Morgan fingerprint density at radius 1 is 1.03 bits per heavy atom. The van der Waals surface area contributed by atoms with E-state index in [0.717, 1.165) is 17.0 Å². The normalized spacial score (nSPS) is 16.0. The van der Waals surface area contributed by atoms with Crippen molar-refractivity contribution < 1.29 is 13.9 Å². The summed E-state index contributed by atoms with van der Waals surface area (Å²) in [6.07, 6.45) is -0.454. The zero-order chi connectivity index (χ0) is 20.7. The second kappa shape index (κ2) is 7.41. The smallest absolute Gasteiger partial charge is 0.262 e. The highest BCUT2D eigenvalue weighted by Gasteiger charge is 2.38. The molecule has 1 heterocycles. The molecule has 1 aliphatic heterocycles. The largest absolute Gasteiger partial charge is 0.497 e. The van der Waals surface area contributed by atoms with E-state index in [9.17, 15) is 9.18 Å². The maximum Gasteiger partial charge on any atom is 0.262 e. The number of anilines is 2. The molecule has 29 heavy (non-hydrogen) atoms. The van der Waals surface area contributed by atoms with Crippen LogP contribution in [-0.4, -0.2) is 20.1 Å². The summed E-state index contributed by atoms with van der Waals surface area (Å²) in [5, 5.41) is 0.475. The fourth-order valence-electron chi connectivity index (χ4n) is 3.67. The van der Waals surface area contributed by atoms with Crippen molar-refractivity contribution in [2.24, 2.45) is 0 Å². The lowest BCUT2D eigenvalue weighted by Crippen LogP contribution is -2.48. The van der Waals surface area contributed by atoms with E-state index in [-0.39, 0.29) is 11.7 Å². The van der Waals surface area contributed by atoms with Crippen molar-refractivity contribution in [3.63, 3.8) is 0 Å². The van der Waals surface area contributed by atoms with Gasteiger partial charge in [0, 0.05) is 17.8 Å². The van der Waals surface area contributed by atoms with Gasteiger partial charge in [0.05, 0.1) is 18.4 Å². The molecule has 0 N–H and O–H groups in total. The van der Waals surface area contributed by atoms with E-state index in [4.69, 9.17) is 16.3 Å². The number of methoxy groups -OCH3 is 1. The lowest BCUT2D eigenvalue weighted by atomic mass is 10.0.